The molecule has 5 nitrogen and oxygen atoms in total. The molecule has 0 unspecified atom stereocenters. The van der Waals surface area contributed by atoms with Crippen LogP contribution in [-0.2, 0) is 23.7 Å². The molecule has 0 aliphatic carbocycles. The van der Waals surface area contributed by atoms with Gasteiger partial charge >= 0.3 is 5.97 Å². The zero-order valence-corrected chi connectivity index (χ0v) is 7.45. The van der Waals surface area contributed by atoms with E-state index in [1.165, 1.54) is 7.11 Å². The molecule has 2 bridgehead atoms. The van der Waals surface area contributed by atoms with Crippen LogP contribution in [0.15, 0.2) is 0 Å². The van der Waals surface area contributed by atoms with Gasteiger partial charge in [-0.2, -0.15) is 0 Å². The molecular weight excluding hydrogens is 176 g/mol. The second-order valence-corrected chi connectivity index (χ2v) is 3.23. The first kappa shape index (κ1) is 8.93. The van der Waals surface area contributed by atoms with E-state index in [2.05, 4.69) is 4.74 Å². The molecule has 0 amide bonds. The number of hydrogen-bond donors (Lipinski definition) is 0. The Hall–Kier alpha value is -0.650. The smallest absolute Gasteiger partial charge is 0.313 e. The SMILES string of the molecule is COC(=O)CC12OCC(CO1)CO2. The molecule has 0 atom stereocenters. The van der Waals surface area contributed by atoms with Crippen molar-refractivity contribution in [2.75, 3.05) is 26.9 Å². The van der Waals surface area contributed by atoms with Crippen molar-refractivity contribution < 1.29 is 23.7 Å². The molecule has 0 N–H and O–H groups in total. The van der Waals surface area contributed by atoms with E-state index in [1.807, 2.05) is 0 Å². The first-order chi connectivity index (χ1) is 6.24. The summed E-state index contributed by atoms with van der Waals surface area (Å²) in [6.45, 7) is 1.78. The summed E-state index contributed by atoms with van der Waals surface area (Å²) >= 11 is 0. The lowest BCUT2D eigenvalue weighted by atomic mass is 10.1. The minimum atomic E-state index is -1.16. The van der Waals surface area contributed by atoms with Crippen molar-refractivity contribution in [3.8, 4) is 0 Å². The lowest BCUT2D eigenvalue weighted by molar-refractivity contribution is -0.446. The lowest BCUT2D eigenvalue weighted by Gasteiger charge is -2.44. The minimum absolute atomic E-state index is 0.00375. The summed E-state index contributed by atoms with van der Waals surface area (Å²) in [5.41, 5.74) is 0. The van der Waals surface area contributed by atoms with Crippen LogP contribution in [0.3, 0.4) is 0 Å². The Kier molecular flexibility index (Phi) is 2.23. The fourth-order valence-corrected chi connectivity index (χ4v) is 1.41. The number of fused-ring (bicyclic) bond motifs is 3. The molecule has 0 aromatic rings. The maximum atomic E-state index is 11.0. The van der Waals surface area contributed by atoms with Gasteiger partial charge in [-0.1, -0.05) is 0 Å². The molecule has 3 aliphatic heterocycles. The molecular formula is C8H12O5. The van der Waals surface area contributed by atoms with Gasteiger partial charge in [0, 0.05) is 5.92 Å². The van der Waals surface area contributed by atoms with Gasteiger partial charge in [0.2, 0.25) is 0 Å². The second-order valence-electron chi connectivity index (χ2n) is 3.23. The summed E-state index contributed by atoms with van der Waals surface area (Å²) in [7, 11) is 1.33. The Bertz CT molecular complexity index is 193. The molecule has 0 aromatic carbocycles. The second kappa shape index (κ2) is 3.25. The van der Waals surface area contributed by atoms with Crippen LogP contribution in [0.5, 0.6) is 0 Å². The first-order valence-electron chi connectivity index (χ1n) is 4.23. The van der Waals surface area contributed by atoms with Crippen LogP contribution in [-0.4, -0.2) is 38.9 Å². The highest BCUT2D eigenvalue weighted by molar-refractivity contribution is 5.70. The third-order valence-corrected chi connectivity index (χ3v) is 2.21. The van der Waals surface area contributed by atoms with E-state index in [9.17, 15) is 4.79 Å². The largest absolute Gasteiger partial charge is 0.469 e. The quantitative estimate of drug-likeness (QED) is 0.566. The summed E-state index contributed by atoms with van der Waals surface area (Å²) < 4.78 is 20.4. The van der Waals surface area contributed by atoms with Crippen LogP contribution in [0, 0.1) is 5.92 Å². The van der Waals surface area contributed by atoms with E-state index < -0.39 is 5.97 Å². The van der Waals surface area contributed by atoms with E-state index in [0.717, 1.165) is 0 Å². The van der Waals surface area contributed by atoms with Gasteiger partial charge < -0.3 is 18.9 Å². The summed E-state index contributed by atoms with van der Waals surface area (Å²) in [5, 5.41) is 0. The number of rotatable bonds is 2. The average Bonchev–Trinajstić information content (AvgIpc) is 2.20. The molecule has 0 aromatic heterocycles. The Morgan fingerprint density at radius 2 is 1.92 bits per heavy atom. The van der Waals surface area contributed by atoms with Crippen molar-refractivity contribution in [2.45, 2.75) is 12.4 Å². The van der Waals surface area contributed by atoms with Gasteiger partial charge in [0.25, 0.3) is 5.97 Å². The molecule has 0 spiro atoms. The molecule has 13 heavy (non-hydrogen) atoms. The monoisotopic (exact) mass is 188 g/mol. The summed E-state index contributed by atoms with van der Waals surface area (Å²) in [5.74, 6) is -1.25. The Morgan fingerprint density at radius 1 is 1.38 bits per heavy atom. The van der Waals surface area contributed by atoms with Gasteiger partial charge in [-0.15, -0.1) is 0 Å². The normalized spacial score (nSPS) is 37.5. The molecule has 3 aliphatic rings. The lowest BCUT2D eigenvalue weighted by Crippen LogP contribution is -2.54. The highest BCUT2D eigenvalue weighted by atomic mass is 16.9. The number of carbonyl (C=O) groups is 1. The van der Waals surface area contributed by atoms with Gasteiger partial charge in [0.05, 0.1) is 26.9 Å². The summed E-state index contributed by atoms with van der Waals surface area (Å²) in [4.78, 5) is 11.0. The zero-order valence-electron chi connectivity index (χ0n) is 7.45. The topological polar surface area (TPSA) is 54.0 Å². The molecule has 74 valence electrons. The Labute approximate surface area is 75.9 Å². The standard InChI is InChI=1S/C8H12O5/c1-10-7(9)2-8-11-3-6(4-12-8)5-13-8/h6H,2-5H2,1H3. The van der Waals surface area contributed by atoms with Gasteiger partial charge in [-0.3, -0.25) is 4.79 Å². The third-order valence-electron chi connectivity index (χ3n) is 2.21. The maximum absolute atomic E-state index is 11.0. The first-order valence-corrected chi connectivity index (χ1v) is 4.23. The molecule has 3 heterocycles. The van der Waals surface area contributed by atoms with Crippen molar-refractivity contribution in [3.05, 3.63) is 0 Å². The summed E-state index contributed by atoms with van der Waals surface area (Å²) in [6, 6.07) is 0. The number of ether oxygens (including phenoxy) is 4. The van der Waals surface area contributed by atoms with Gasteiger partial charge in [-0.05, 0) is 0 Å². The van der Waals surface area contributed by atoms with Gasteiger partial charge in [-0.25, -0.2) is 0 Å². The van der Waals surface area contributed by atoms with Crippen molar-refractivity contribution in [3.63, 3.8) is 0 Å². The zero-order chi connectivity index (χ0) is 9.31. The molecule has 5 heteroatoms. The van der Waals surface area contributed by atoms with Gasteiger partial charge in [0.15, 0.2) is 0 Å². The van der Waals surface area contributed by atoms with Gasteiger partial charge in [0.1, 0.15) is 6.42 Å². The van der Waals surface area contributed by atoms with E-state index in [4.69, 9.17) is 14.2 Å². The molecule has 3 fully saturated rings. The summed E-state index contributed by atoms with van der Waals surface area (Å²) in [6.07, 6.45) is -0.00375. The van der Waals surface area contributed by atoms with Crippen molar-refractivity contribution in [1.82, 2.24) is 0 Å². The van der Waals surface area contributed by atoms with Crippen LogP contribution in [0.4, 0.5) is 0 Å². The number of esters is 1. The predicted molar refractivity (Wildman–Crippen MR) is 40.7 cm³/mol. The minimum Gasteiger partial charge on any atom is -0.469 e. The van der Waals surface area contributed by atoms with Crippen molar-refractivity contribution in [2.24, 2.45) is 5.92 Å². The van der Waals surface area contributed by atoms with Crippen LogP contribution >= 0.6 is 0 Å². The van der Waals surface area contributed by atoms with E-state index in [1.54, 1.807) is 0 Å². The fourth-order valence-electron chi connectivity index (χ4n) is 1.41. The molecule has 0 radical (unpaired) electrons. The van der Waals surface area contributed by atoms with E-state index in [0.29, 0.717) is 25.7 Å². The fraction of sp³-hybridized carbons (Fsp3) is 0.875. The third kappa shape index (κ3) is 1.67. The van der Waals surface area contributed by atoms with Crippen LogP contribution in [0.1, 0.15) is 6.42 Å². The highest BCUT2D eigenvalue weighted by Crippen LogP contribution is 2.32. The molecule has 3 rings (SSSR count). The number of hydrogen-bond acceptors (Lipinski definition) is 5. The molecule has 3 saturated heterocycles. The van der Waals surface area contributed by atoms with Crippen molar-refractivity contribution in [1.29, 1.82) is 0 Å². The Morgan fingerprint density at radius 3 is 2.38 bits per heavy atom. The molecule has 0 saturated carbocycles. The predicted octanol–water partition coefficient (Wildman–Crippen LogP) is -0.104. The average molecular weight is 188 g/mol. The van der Waals surface area contributed by atoms with E-state index >= 15 is 0 Å². The van der Waals surface area contributed by atoms with Crippen molar-refractivity contribution >= 4 is 5.97 Å². The number of carbonyl (C=O) groups excluding carboxylic acids is 1. The van der Waals surface area contributed by atoms with Crippen LogP contribution < -0.4 is 0 Å². The number of methoxy groups -OCH3 is 1. The van der Waals surface area contributed by atoms with Crippen LogP contribution in [0.2, 0.25) is 0 Å². The van der Waals surface area contributed by atoms with E-state index in [-0.39, 0.29) is 12.4 Å². The van der Waals surface area contributed by atoms with Crippen LogP contribution in [0.25, 0.3) is 0 Å². The maximum Gasteiger partial charge on any atom is 0.313 e. The highest BCUT2D eigenvalue weighted by Gasteiger charge is 2.46. The Balaban J connectivity index is 1.98.